The molecule has 2 N–H and O–H groups in total. The molecule has 0 aromatic heterocycles. The van der Waals surface area contributed by atoms with E-state index in [2.05, 4.69) is 21.2 Å². The van der Waals surface area contributed by atoms with Crippen LogP contribution in [0.1, 0.15) is 11.1 Å². The van der Waals surface area contributed by atoms with E-state index in [9.17, 15) is 14.9 Å². The third-order valence-electron chi connectivity index (χ3n) is 3.57. The largest absolute Gasteiger partial charge is 0.493 e. The Hall–Kier alpha value is -3.31. The number of nitriles is 1. The molecule has 0 fully saturated rings. The molecule has 0 saturated carbocycles. The first-order valence-corrected chi connectivity index (χ1v) is 8.85. The Bertz CT molecular complexity index is 979. The molecule has 0 unspecified atom stereocenters. The van der Waals surface area contributed by atoms with Gasteiger partial charge in [-0.3, -0.25) is 4.79 Å². The predicted octanol–water partition coefficient (Wildman–Crippen LogP) is 3.78. The molecule has 0 bridgehead atoms. The fraction of sp³-hybridized carbons (Fsp3) is 0.150. The average Bonchev–Trinajstić information content (AvgIpc) is 2.65. The fourth-order valence-electron chi connectivity index (χ4n) is 2.30. The number of amides is 1. The molecule has 0 radical (unpaired) electrons. The normalized spacial score (nSPS) is 10.7. The van der Waals surface area contributed by atoms with Gasteiger partial charge in [0.25, 0.3) is 5.91 Å². The van der Waals surface area contributed by atoms with Crippen LogP contribution >= 0.6 is 15.9 Å². The summed E-state index contributed by atoms with van der Waals surface area (Å²) < 4.78 is 10.9. The summed E-state index contributed by atoms with van der Waals surface area (Å²) >= 11 is 3.33. The highest BCUT2D eigenvalue weighted by molar-refractivity contribution is 9.10. The van der Waals surface area contributed by atoms with Crippen LogP contribution in [0.4, 0.5) is 5.69 Å². The lowest BCUT2D eigenvalue weighted by molar-refractivity contribution is -0.139. The van der Waals surface area contributed by atoms with Crippen LogP contribution in [0, 0.1) is 18.3 Å². The maximum atomic E-state index is 12.4. The lowest BCUT2D eigenvalue weighted by Crippen LogP contribution is -2.13. The van der Waals surface area contributed by atoms with Gasteiger partial charge in [0.2, 0.25) is 0 Å². The lowest BCUT2D eigenvalue weighted by atomic mass is 10.1. The molecule has 0 spiro atoms. The van der Waals surface area contributed by atoms with E-state index < -0.39 is 18.5 Å². The minimum atomic E-state index is -1.12. The average molecular weight is 445 g/mol. The fourth-order valence-corrected chi connectivity index (χ4v) is 2.74. The molecule has 8 heteroatoms. The number of aliphatic carboxylic acids is 1. The second-order valence-electron chi connectivity index (χ2n) is 5.70. The number of carbonyl (C=O) groups is 2. The molecule has 28 heavy (non-hydrogen) atoms. The van der Waals surface area contributed by atoms with Gasteiger partial charge in [0.05, 0.1) is 7.11 Å². The predicted molar refractivity (Wildman–Crippen MR) is 107 cm³/mol. The van der Waals surface area contributed by atoms with Gasteiger partial charge in [-0.1, -0.05) is 28.1 Å². The summed E-state index contributed by atoms with van der Waals surface area (Å²) in [5.74, 6) is -1.18. The van der Waals surface area contributed by atoms with Crippen LogP contribution in [-0.2, 0) is 9.59 Å². The molecule has 7 nitrogen and oxygen atoms in total. The molecule has 144 valence electrons. The third kappa shape index (κ3) is 5.59. The number of nitrogens with zero attached hydrogens (tertiary/aromatic N) is 1. The first-order valence-electron chi connectivity index (χ1n) is 8.06. The van der Waals surface area contributed by atoms with Crippen molar-refractivity contribution >= 4 is 39.6 Å². The molecule has 1 amide bonds. The Balaban J connectivity index is 2.31. The number of rotatable bonds is 7. The smallest absolute Gasteiger partial charge is 0.341 e. The summed E-state index contributed by atoms with van der Waals surface area (Å²) in [5, 5.41) is 20.8. The van der Waals surface area contributed by atoms with Crippen molar-refractivity contribution in [3.8, 4) is 17.6 Å². The van der Waals surface area contributed by atoms with Crippen molar-refractivity contribution in [2.75, 3.05) is 19.0 Å². The van der Waals surface area contributed by atoms with Crippen molar-refractivity contribution in [3.05, 3.63) is 57.6 Å². The molecule has 0 aliphatic carbocycles. The highest BCUT2D eigenvalue weighted by Crippen LogP contribution is 2.34. The number of benzene rings is 2. The molecule has 0 heterocycles. The van der Waals surface area contributed by atoms with Gasteiger partial charge in [0.15, 0.2) is 18.1 Å². The number of methoxy groups -OCH3 is 1. The monoisotopic (exact) mass is 444 g/mol. The second kappa shape index (κ2) is 9.58. The Morgan fingerprint density at radius 2 is 2.04 bits per heavy atom. The Morgan fingerprint density at radius 1 is 1.29 bits per heavy atom. The van der Waals surface area contributed by atoms with Crippen molar-refractivity contribution in [1.29, 1.82) is 5.26 Å². The van der Waals surface area contributed by atoms with Crippen molar-refractivity contribution in [3.63, 3.8) is 0 Å². The van der Waals surface area contributed by atoms with E-state index in [1.807, 2.05) is 19.1 Å². The second-order valence-corrected chi connectivity index (χ2v) is 6.55. The minimum Gasteiger partial charge on any atom is -0.493 e. The van der Waals surface area contributed by atoms with Gasteiger partial charge in [-0.15, -0.1) is 0 Å². The van der Waals surface area contributed by atoms with Crippen LogP contribution in [0.15, 0.2) is 46.4 Å². The number of carboxylic acid groups (broad SMARTS) is 1. The van der Waals surface area contributed by atoms with Crippen LogP contribution < -0.4 is 14.8 Å². The number of carbonyl (C=O) groups excluding carboxylic acids is 1. The molecular formula is C20H17BrN2O5. The van der Waals surface area contributed by atoms with Gasteiger partial charge >= 0.3 is 5.97 Å². The van der Waals surface area contributed by atoms with Crippen LogP contribution in [0.5, 0.6) is 11.5 Å². The number of anilines is 1. The zero-order valence-electron chi connectivity index (χ0n) is 15.2. The van der Waals surface area contributed by atoms with Gasteiger partial charge in [0.1, 0.15) is 11.6 Å². The van der Waals surface area contributed by atoms with E-state index in [0.717, 1.165) is 5.56 Å². The number of nitrogens with one attached hydrogen (secondary N) is 1. The van der Waals surface area contributed by atoms with E-state index in [-0.39, 0.29) is 17.1 Å². The molecule has 2 rings (SSSR count). The molecule has 0 aliphatic rings. The van der Waals surface area contributed by atoms with Crippen LogP contribution in [0.3, 0.4) is 0 Å². The van der Waals surface area contributed by atoms with E-state index in [0.29, 0.717) is 15.7 Å². The number of halogens is 1. The van der Waals surface area contributed by atoms with E-state index in [4.69, 9.17) is 14.6 Å². The van der Waals surface area contributed by atoms with Gasteiger partial charge in [-0.2, -0.15) is 5.26 Å². The van der Waals surface area contributed by atoms with Crippen LogP contribution in [0.25, 0.3) is 6.08 Å². The van der Waals surface area contributed by atoms with Gasteiger partial charge in [0, 0.05) is 10.2 Å². The Labute approximate surface area is 170 Å². The van der Waals surface area contributed by atoms with Crippen molar-refractivity contribution in [1.82, 2.24) is 0 Å². The first kappa shape index (κ1) is 21.0. The number of carboxylic acids is 1. The summed E-state index contributed by atoms with van der Waals surface area (Å²) in [7, 11) is 1.40. The standard InChI is InChI=1S/C20H17BrN2O5/c1-12-4-3-5-15(6-12)23-20(26)14(10-22)7-13-8-17(27-2)18(9-16(13)21)28-11-19(24)25/h3-9H,11H2,1-2H3,(H,23,26)(H,24,25). The highest BCUT2D eigenvalue weighted by atomic mass is 79.9. The Kier molecular flexibility index (Phi) is 7.18. The molecule has 2 aromatic rings. The van der Waals surface area contributed by atoms with Crippen molar-refractivity contribution in [2.45, 2.75) is 6.92 Å². The van der Waals surface area contributed by atoms with Crippen LogP contribution in [0.2, 0.25) is 0 Å². The summed E-state index contributed by atoms with van der Waals surface area (Å²) in [4.78, 5) is 23.1. The van der Waals surface area contributed by atoms with E-state index in [1.165, 1.54) is 19.3 Å². The van der Waals surface area contributed by atoms with Gasteiger partial charge in [-0.25, -0.2) is 4.79 Å². The summed E-state index contributed by atoms with van der Waals surface area (Å²) in [6.45, 7) is 1.37. The van der Waals surface area contributed by atoms with E-state index >= 15 is 0 Å². The summed E-state index contributed by atoms with van der Waals surface area (Å²) in [6, 6.07) is 12.2. The van der Waals surface area contributed by atoms with E-state index in [1.54, 1.807) is 24.3 Å². The zero-order chi connectivity index (χ0) is 20.7. The zero-order valence-corrected chi connectivity index (χ0v) is 16.7. The number of hydrogen-bond donors (Lipinski definition) is 2. The molecule has 0 saturated heterocycles. The SMILES string of the molecule is COc1cc(C=C(C#N)C(=O)Nc2cccc(C)c2)c(Br)cc1OCC(=O)O. The quantitative estimate of drug-likeness (QED) is 0.496. The molecule has 0 aliphatic heterocycles. The Morgan fingerprint density at radius 3 is 2.64 bits per heavy atom. The number of aryl methyl sites for hydroxylation is 1. The minimum absolute atomic E-state index is 0.108. The first-order chi connectivity index (χ1) is 13.3. The van der Waals surface area contributed by atoms with Crippen molar-refractivity contribution in [2.24, 2.45) is 0 Å². The van der Waals surface area contributed by atoms with Crippen LogP contribution in [-0.4, -0.2) is 30.7 Å². The summed E-state index contributed by atoms with van der Waals surface area (Å²) in [5.41, 5.74) is 1.95. The summed E-state index contributed by atoms with van der Waals surface area (Å²) in [6.07, 6.45) is 1.40. The lowest BCUT2D eigenvalue weighted by Gasteiger charge is -2.12. The third-order valence-corrected chi connectivity index (χ3v) is 4.26. The molecular weight excluding hydrogens is 428 g/mol. The maximum Gasteiger partial charge on any atom is 0.341 e. The molecule has 0 atom stereocenters. The number of ether oxygens (including phenoxy) is 2. The van der Waals surface area contributed by atoms with Gasteiger partial charge in [-0.05, 0) is 48.4 Å². The van der Waals surface area contributed by atoms with Gasteiger partial charge < -0.3 is 19.9 Å². The topological polar surface area (TPSA) is 109 Å². The van der Waals surface area contributed by atoms with Crippen molar-refractivity contribution < 1.29 is 24.2 Å². The molecule has 2 aromatic carbocycles. The maximum absolute atomic E-state index is 12.4. The number of hydrogen-bond acceptors (Lipinski definition) is 5. The highest BCUT2D eigenvalue weighted by Gasteiger charge is 2.14.